The summed E-state index contributed by atoms with van der Waals surface area (Å²) >= 11 is 0. The topological polar surface area (TPSA) is 59.3 Å². The fraction of sp³-hybridized carbons (Fsp3) is 0.250. The van der Waals surface area contributed by atoms with Crippen LogP contribution in [0.4, 0.5) is 0 Å². The van der Waals surface area contributed by atoms with Gasteiger partial charge < -0.3 is 9.67 Å². The van der Waals surface area contributed by atoms with E-state index in [0.717, 1.165) is 33.7 Å². The van der Waals surface area contributed by atoms with Crippen LogP contribution in [0.25, 0.3) is 17.0 Å². The van der Waals surface area contributed by atoms with Gasteiger partial charge in [-0.1, -0.05) is 6.07 Å². The van der Waals surface area contributed by atoms with Crippen LogP contribution in [0.15, 0.2) is 23.0 Å². The number of hydrogen-bond donors (Lipinski definition) is 1. The SMILES string of the molecule is Cc1cc(C)c2c(C)c(/C=C/C(=O)O)c(=O)n(C)c2c1. The van der Waals surface area contributed by atoms with Crippen LogP contribution in [0, 0.1) is 20.8 Å². The molecule has 0 saturated heterocycles. The number of benzene rings is 1. The Bertz CT molecular complexity index is 798. The van der Waals surface area contributed by atoms with Crippen molar-refractivity contribution in [3.8, 4) is 0 Å². The molecular weight excluding hydrogens is 254 g/mol. The van der Waals surface area contributed by atoms with Crippen molar-refractivity contribution in [1.29, 1.82) is 0 Å². The maximum Gasteiger partial charge on any atom is 0.328 e. The number of fused-ring (bicyclic) bond motifs is 1. The van der Waals surface area contributed by atoms with E-state index in [9.17, 15) is 9.59 Å². The second-order valence-electron chi connectivity index (χ2n) is 5.05. The summed E-state index contributed by atoms with van der Waals surface area (Å²) in [4.78, 5) is 23.0. The lowest BCUT2D eigenvalue weighted by Crippen LogP contribution is -2.21. The van der Waals surface area contributed by atoms with Crippen molar-refractivity contribution in [3.63, 3.8) is 0 Å². The fourth-order valence-corrected chi connectivity index (χ4v) is 2.63. The molecule has 104 valence electrons. The third-order valence-electron chi connectivity index (χ3n) is 3.53. The smallest absolute Gasteiger partial charge is 0.328 e. The number of aliphatic carboxylic acids is 1. The number of carbonyl (C=O) groups is 1. The number of hydrogen-bond acceptors (Lipinski definition) is 2. The van der Waals surface area contributed by atoms with Gasteiger partial charge in [-0.15, -0.1) is 0 Å². The first-order valence-corrected chi connectivity index (χ1v) is 6.34. The molecule has 0 saturated carbocycles. The molecule has 0 bridgehead atoms. The predicted octanol–water partition coefficient (Wildman–Crippen LogP) is 2.56. The van der Waals surface area contributed by atoms with Gasteiger partial charge in [0.25, 0.3) is 5.56 Å². The molecule has 0 aliphatic heterocycles. The molecule has 0 atom stereocenters. The van der Waals surface area contributed by atoms with E-state index in [1.807, 2.05) is 26.8 Å². The first-order chi connectivity index (χ1) is 9.32. The van der Waals surface area contributed by atoms with Crippen LogP contribution >= 0.6 is 0 Å². The molecule has 1 N–H and O–H groups in total. The maximum absolute atomic E-state index is 12.4. The molecule has 2 rings (SSSR count). The number of carboxylic acid groups (broad SMARTS) is 1. The summed E-state index contributed by atoms with van der Waals surface area (Å²) in [6, 6.07) is 4.03. The lowest BCUT2D eigenvalue weighted by molar-refractivity contribution is -0.131. The summed E-state index contributed by atoms with van der Waals surface area (Å²) in [7, 11) is 1.71. The lowest BCUT2D eigenvalue weighted by Gasteiger charge is -2.14. The standard InChI is InChI=1S/C16H17NO3/c1-9-7-10(2)15-11(3)12(5-6-14(18)19)16(20)17(4)13(15)8-9/h5-8H,1-4H3,(H,18,19)/b6-5+. The average Bonchev–Trinajstić information content (AvgIpc) is 2.34. The van der Waals surface area contributed by atoms with E-state index < -0.39 is 5.97 Å². The number of aryl methyl sites for hydroxylation is 4. The Hall–Kier alpha value is -2.36. The molecule has 2 aromatic rings. The highest BCUT2D eigenvalue weighted by Crippen LogP contribution is 2.24. The van der Waals surface area contributed by atoms with E-state index in [4.69, 9.17) is 5.11 Å². The van der Waals surface area contributed by atoms with E-state index in [2.05, 4.69) is 6.07 Å². The van der Waals surface area contributed by atoms with Crippen molar-refractivity contribution in [2.75, 3.05) is 0 Å². The van der Waals surface area contributed by atoms with Gasteiger partial charge in [0.1, 0.15) is 0 Å². The predicted molar refractivity (Wildman–Crippen MR) is 80.1 cm³/mol. The zero-order valence-corrected chi connectivity index (χ0v) is 12.0. The number of aromatic nitrogens is 1. The summed E-state index contributed by atoms with van der Waals surface area (Å²) in [6.45, 7) is 5.84. The highest BCUT2D eigenvalue weighted by Gasteiger charge is 2.12. The Morgan fingerprint density at radius 1 is 1.25 bits per heavy atom. The van der Waals surface area contributed by atoms with Crippen LogP contribution in [0.3, 0.4) is 0 Å². The zero-order valence-electron chi connectivity index (χ0n) is 12.0. The Morgan fingerprint density at radius 2 is 1.90 bits per heavy atom. The Balaban J connectivity index is 2.93. The van der Waals surface area contributed by atoms with Crippen molar-refractivity contribution in [2.24, 2.45) is 7.05 Å². The van der Waals surface area contributed by atoms with Crippen molar-refractivity contribution in [3.05, 3.63) is 50.8 Å². The fourth-order valence-electron chi connectivity index (χ4n) is 2.63. The van der Waals surface area contributed by atoms with Gasteiger partial charge in [-0.25, -0.2) is 4.79 Å². The number of carboxylic acids is 1. The van der Waals surface area contributed by atoms with Gasteiger partial charge >= 0.3 is 5.97 Å². The highest BCUT2D eigenvalue weighted by atomic mass is 16.4. The number of nitrogens with zero attached hydrogens (tertiary/aromatic N) is 1. The molecule has 20 heavy (non-hydrogen) atoms. The van der Waals surface area contributed by atoms with Crippen molar-refractivity contribution in [1.82, 2.24) is 4.57 Å². The largest absolute Gasteiger partial charge is 0.478 e. The average molecular weight is 271 g/mol. The summed E-state index contributed by atoms with van der Waals surface area (Å²) in [6.07, 6.45) is 2.37. The molecule has 1 aromatic heterocycles. The minimum absolute atomic E-state index is 0.183. The summed E-state index contributed by atoms with van der Waals surface area (Å²) in [5.74, 6) is -1.06. The highest BCUT2D eigenvalue weighted by molar-refractivity contribution is 5.91. The second-order valence-corrected chi connectivity index (χ2v) is 5.05. The molecular formula is C16H17NO3. The van der Waals surface area contributed by atoms with E-state index in [0.29, 0.717) is 5.56 Å². The summed E-state index contributed by atoms with van der Waals surface area (Å²) in [5.41, 5.74) is 4.11. The second kappa shape index (κ2) is 4.96. The molecule has 0 fully saturated rings. The zero-order chi connectivity index (χ0) is 15.0. The molecule has 0 radical (unpaired) electrons. The van der Waals surface area contributed by atoms with Gasteiger partial charge in [0.05, 0.1) is 5.52 Å². The van der Waals surface area contributed by atoms with E-state index in [1.165, 1.54) is 6.08 Å². The molecule has 4 heteroatoms. The molecule has 0 unspecified atom stereocenters. The molecule has 0 amide bonds. The normalized spacial score (nSPS) is 11.4. The molecule has 0 spiro atoms. The minimum Gasteiger partial charge on any atom is -0.478 e. The molecule has 4 nitrogen and oxygen atoms in total. The monoisotopic (exact) mass is 271 g/mol. The van der Waals surface area contributed by atoms with Gasteiger partial charge in [0.15, 0.2) is 0 Å². The minimum atomic E-state index is -1.06. The Kier molecular flexibility index (Phi) is 3.49. The van der Waals surface area contributed by atoms with Crippen molar-refractivity contribution < 1.29 is 9.90 Å². The van der Waals surface area contributed by atoms with E-state index in [1.54, 1.807) is 11.6 Å². The van der Waals surface area contributed by atoms with Crippen LogP contribution in [0.2, 0.25) is 0 Å². The van der Waals surface area contributed by atoms with Crippen LogP contribution in [0.1, 0.15) is 22.3 Å². The molecule has 0 aliphatic rings. The lowest BCUT2D eigenvalue weighted by atomic mass is 9.98. The van der Waals surface area contributed by atoms with E-state index in [-0.39, 0.29) is 5.56 Å². The first kappa shape index (κ1) is 14.1. The van der Waals surface area contributed by atoms with E-state index >= 15 is 0 Å². The van der Waals surface area contributed by atoms with Crippen LogP contribution in [-0.4, -0.2) is 15.6 Å². The van der Waals surface area contributed by atoms with Gasteiger partial charge in [0.2, 0.25) is 0 Å². The first-order valence-electron chi connectivity index (χ1n) is 6.34. The third-order valence-corrected chi connectivity index (χ3v) is 3.53. The van der Waals surface area contributed by atoms with Gasteiger partial charge in [-0.3, -0.25) is 4.79 Å². The van der Waals surface area contributed by atoms with Crippen LogP contribution in [-0.2, 0) is 11.8 Å². The molecule has 0 aliphatic carbocycles. The van der Waals surface area contributed by atoms with Gasteiger partial charge in [-0.05, 0) is 49.6 Å². The van der Waals surface area contributed by atoms with Gasteiger partial charge in [-0.2, -0.15) is 0 Å². The van der Waals surface area contributed by atoms with Crippen LogP contribution < -0.4 is 5.56 Å². The molecule has 1 aromatic carbocycles. The van der Waals surface area contributed by atoms with Crippen LogP contribution in [0.5, 0.6) is 0 Å². The maximum atomic E-state index is 12.4. The quantitative estimate of drug-likeness (QED) is 0.854. The van der Waals surface area contributed by atoms with Crippen molar-refractivity contribution >= 4 is 22.9 Å². The number of pyridine rings is 1. The third kappa shape index (κ3) is 2.25. The molecule has 1 heterocycles. The van der Waals surface area contributed by atoms with Gasteiger partial charge in [0, 0.05) is 24.1 Å². The summed E-state index contributed by atoms with van der Waals surface area (Å²) in [5, 5.41) is 9.74. The summed E-state index contributed by atoms with van der Waals surface area (Å²) < 4.78 is 1.57. The number of rotatable bonds is 2. The van der Waals surface area contributed by atoms with Crippen molar-refractivity contribution in [2.45, 2.75) is 20.8 Å². The Morgan fingerprint density at radius 3 is 2.50 bits per heavy atom. The Labute approximate surface area is 117 Å².